The highest BCUT2D eigenvalue weighted by molar-refractivity contribution is 6.00. The normalized spacial score (nSPS) is 11.3. The van der Waals surface area contributed by atoms with Crippen molar-refractivity contribution in [1.82, 2.24) is 0 Å². The molecule has 0 saturated carbocycles. The maximum Gasteiger partial charge on any atom is 0.151 e. The molecule has 0 aliphatic heterocycles. The van der Waals surface area contributed by atoms with E-state index < -0.39 is 11.6 Å². The van der Waals surface area contributed by atoms with Gasteiger partial charge in [0.1, 0.15) is 5.82 Å². The van der Waals surface area contributed by atoms with E-state index in [-0.39, 0.29) is 5.69 Å². The molecule has 0 amide bonds. The van der Waals surface area contributed by atoms with Crippen LogP contribution in [-0.2, 0) is 0 Å². The van der Waals surface area contributed by atoms with Gasteiger partial charge in [-0.1, -0.05) is 42.5 Å². The number of rotatable bonds is 2. The zero-order chi connectivity index (χ0) is 13.9. The van der Waals surface area contributed by atoms with Crippen LogP contribution in [0.5, 0.6) is 0 Å². The molecule has 0 aliphatic carbocycles. The van der Waals surface area contributed by atoms with Crippen LogP contribution in [0.3, 0.4) is 0 Å². The summed E-state index contributed by atoms with van der Waals surface area (Å²) in [6.45, 7) is 0. The van der Waals surface area contributed by atoms with Crippen molar-refractivity contribution in [2.24, 2.45) is 4.99 Å². The van der Waals surface area contributed by atoms with Crippen LogP contribution in [0.1, 0.15) is 5.56 Å². The number of halogens is 2. The number of aliphatic imine (C=N–C) groups is 1. The summed E-state index contributed by atoms with van der Waals surface area (Å²) in [5.41, 5.74) is 1.02. The lowest BCUT2D eigenvalue weighted by Gasteiger charge is -2.01. The first kappa shape index (κ1) is 12.5. The van der Waals surface area contributed by atoms with Gasteiger partial charge in [-0.3, -0.25) is 4.99 Å². The monoisotopic (exact) mass is 267 g/mol. The van der Waals surface area contributed by atoms with Crippen LogP contribution in [0, 0.1) is 11.6 Å². The molecule has 3 heteroatoms. The molecule has 0 fully saturated rings. The fourth-order valence-corrected chi connectivity index (χ4v) is 2.09. The molecular formula is C17H11F2N. The number of nitrogens with zero attached hydrogens (tertiary/aromatic N) is 1. The van der Waals surface area contributed by atoms with Gasteiger partial charge in [-0.2, -0.15) is 0 Å². The zero-order valence-electron chi connectivity index (χ0n) is 10.6. The molecule has 3 aromatic rings. The molecule has 0 bridgehead atoms. The van der Waals surface area contributed by atoms with Crippen molar-refractivity contribution >= 4 is 22.7 Å². The summed E-state index contributed by atoms with van der Waals surface area (Å²) in [7, 11) is 0. The topological polar surface area (TPSA) is 12.4 Å². The van der Waals surface area contributed by atoms with E-state index in [0.29, 0.717) is 0 Å². The van der Waals surface area contributed by atoms with Crippen molar-refractivity contribution in [3.05, 3.63) is 77.9 Å². The summed E-state index contributed by atoms with van der Waals surface area (Å²) in [5, 5.41) is 2.14. The first-order valence-electron chi connectivity index (χ1n) is 6.21. The van der Waals surface area contributed by atoms with Gasteiger partial charge in [0.2, 0.25) is 0 Å². The molecule has 1 nitrogen and oxygen atoms in total. The van der Waals surface area contributed by atoms with E-state index in [4.69, 9.17) is 0 Å². The second-order valence-corrected chi connectivity index (χ2v) is 4.42. The minimum Gasteiger partial charge on any atom is -0.253 e. The van der Waals surface area contributed by atoms with Crippen LogP contribution in [0.15, 0.2) is 65.7 Å². The van der Waals surface area contributed by atoms with Crippen LogP contribution in [0.2, 0.25) is 0 Å². The molecule has 0 radical (unpaired) electrons. The van der Waals surface area contributed by atoms with E-state index in [9.17, 15) is 8.78 Å². The van der Waals surface area contributed by atoms with Gasteiger partial charge in [0.05, 0.1) is 5.69 Å². The number of benzene rings is 3. The number of hydrogen-bond donors (Lipinski definition) is 0. The highest BCUT2D eigenvalue weighted by atomic mass is 19.1. The van der Waals surface area contributed by atoms with Crippen molar-refractivity contribution < 1.29 is 8.78 Å². The Kier molecular flexibility index (Phi) is 3.25. The van der Waals surface area contributed by atoms with Crippen LogP contribution in [0.4, 0.5) is 14.5 Å². The molecule has 0 aliphatic rings. The third kappa shape index (κ3) is 2.43. The summed E-state index contributed by atoms with van der Waals surface area (Å²) >= 11 is 0. The second-order valence-electron chi connectivity index (χ2n) is 4.42. The third-order valence-electron chi connectivity index (χ3n) is 3.08. The zero-order valence-corrected chi connectivity index (χ0v) is 10.6. The summed E-state index contributed by atoms with van der Waals surface area (Å²) in [6, 6.07) is 17.1. The van der Waals surface area contributed by atoms with Crippen LogP contribution in [-0.4, -0.2) is 6.21 Å². The summed E-state index contributed by atoms with van der Waals surface area (Å²) in [5.74, 6) is -1.27. The molecule has 0 unspecified atom stereocenters. The highest BCUT2D eigenvalue weighted by Gasteiger charge is 2.02. The molecule has 0 spiro atoms. The van der Waals surface area contributed by atoms with Crippen molar-refractivity contribution in [3.63, 3.8) is 0 Å². The average Bonchev–Trinajstić information content (AvgIpc) is 2.46. The largest absolute Gasteiger partial charge is 0.253 e. The number of fused-ring (bicyclic) bond motifs is 1. The van der Waals surface area contributed by atoms with Crippen molar-refractivity contribution in [2.75, 3.05) is 0 Å². The smallest absolute Gasteiger partial charge is 0.151 e. The first-order chi connectivity index (χ1) is 9.74. The predicted octanol–water partition coefficient (Wildman–Crippen LogP) is 4.87. The Hall–Kier alpha value is -2.55. The Morgan fingerprint density at radius 2 is 1.65 bits per heavy atom. The lowest BCUT2D eigenvalue weighted by Crippen LogP contribution is -1.85. The molecule has 3 rings (SSSR count). The van der Waals surface area contributed by atoms with Crippen LogP contribution < -0.4 is 0 Å². The Bertz CT molecular complexity index is 789. The molecule has 20 heavy (non-hydrogen) atoms. The fourth-order valence-electron chi connectivity index (χ4n) is 2.09. The maximum absolute atomic E-state index is 13.5. The van der Waals surface area contributed by atoms with Gasteiger partial charge in [-0.25, -0.2) is 8.78 Å². The Balaban J connectivity index is 2.02. The van der Waals surface area contributed by atoms with Gasteiger partial charge >= 0.3 is 0 Å². The van der Waals surface area contributed by atoms with Gasteiger partial charge in [0, 0.05) is 17.8 Å². The Morgan fingerprint density at radius 3 is 2.50 bits per heavy atom. The quantitative estimate of drug-likeness (QED) is 0.587. The van der Waals surface area contributed by atoms with Crippen LogP contribution >= 0.6 is 0 Å². The molecular weight excluding hydrogens is 256 g/mol. The third-order valence-corrected chi connectivity index (χ3v) is 3.08. The summed E-state index contributed by atoms with van der Waals surface area (Å²) in [6.07, 6.45) is 1.60. The predicted molar refractivity (Wildman–Crippen MR) is 77.6 cm³/mol. The van der Waals surface area contributed by atoms with Crippen molar-refractivity contribution in [2.45, 2.75) is 0 Å². The van der Waals surface area contributed by atoms with E-state index in [0.717, 1.165) is 22.4 Å². The maximum atomic E-state index is 13.5. The Morgan fingerprint density at radius 1 is 0.850 bits per heavy atom. The van der Waals surface area contributed by atoms with Gasteiger partial charge in [-0.05, 0) is 22.9 Å². The van der Waals surface area contributed by atoms with Gasteiger partial charge in [0.15, 0.2) is 5.82 Å². The highest BCUT2D eigenvalue weighted by Crippen LogP contribution is 2.20. The lowest BCUT2D eigenvalue weighted by atomic mass is 10.1. The number of hydrogen-bond acceptors (Lipinski definition) is 1. The average molecular weight is 267 g/mol. The fraction of sp³-hybridized carbons (Fsp3) is 0. The van der Waals surface area contributed by atoms with E-state index in [1.54, 1.807) is 6.21 Å². The summed E-state index contributed by atoms with van der Waals surface area (Å²) < 4.78 is 26.3. The van der Waals surface area contributed by atoms with E-state index >= 15 is 0 Å². The van der Waals surface area contributed by atoms with Crippen LogP contribution in [0.25, 0.3) is 10.8 Å². The van der Waals surface area contributed by atoms with E-state index in [1.807, 2.05) is 42.5 Å². The molecule has 0 aromatic heterocycles. The molecule has 0 heterocycles. The molecule has 3 aromatic carbocycles. The molecule has 98 valence electrons. The van der Waals surface area contributed by atoms with Gasteiger partial charge in [-0.15, -0.1) is 0 Å². The molecule has 0 N–H and O–H groups in total. The molecule has 0 saturated heterocycles. The second kappa shape index (κ2) is 5.21. The van der Waals surface area contributed by atoms with Crippen molar-refractivity contribution in [3.8, 4) is 0 Å². The van der Waals surface area contributed by atoms with Gasteiger partial charge in [0.25, 0.3) is 0 Å². The van der Waals surface area contributed by atoms with Crippen molar-refractivity contribution in [1.29, 1.82) is 0 Å². The first-order valence-corrected chi connectivity index (χ1v) is 6.21. The SMILES string of the molecule is Fc1ccc(N=Cc2cccc3ccccc23)c(F)c1. The minimum absolute atomic E-state index is 0.124. The standard InChI is InChI=1S/C17H11F2N/c18-14-8-9-17(16(19)10-14)20-11-13-6-3-5-12-4-1-2-7-15(12)13/h1-11H. The minimum atomic E-state index is -0.665. The Labute approximate surface area is 115 Å². The summed E-state index contributed by atoms with van der Waals surface area (Å²) in [4.78, 5) is 4.10. The van der Waals surface area contributed by atoms with Gasteiger partial charge < -0.3 is 0 Å². The lowest BCUT2D eigenvalue weighted by molar-refractivity contribution is 0.585. The molecule has 0 atom stereocenters. The van der Waals surface area contributed by atoms with E-state index in [2.05, 4.69) is 4.99 Å². The van der Waals surface area contributed by atoms with E-state index in [1.165, 1.54) is 12.1 Å².